The Balaban J connectivity index is 1.37. The van der Waals surface area contributed by atoms with Crippen LogP contribution in [-0.2, 0) is 0 Å². The maximum absolute atomic E-state index is 8.88. The van der Waals surface area contributed by atoms with Crippen molar-refractivity contribution in [2.45, 2.75) is 0 Å². The lowest BCUT2D eigenvalue weighted by Crippen LogP contribution is -2.00. The van der Waals surface area contributed by atoms with Gasteiger partial charge in [-0.25, -0.2) is 15.0 Å². The minimum absolute atomic E-state index is 0.0781. The van der Waals surface area contributed by atoms with Gasteiger partial charge in [-0.15, -0.1) is 0 Å². The molecule has 0 aliphatic rings. The third-order valence-corrected chi connectivity index (χ3v) is 6.98. The molecule has 0 N–H and O–H groups in total. The fourth-order valence-electron chi connectivity index (χ4n) is 5.07. The Morgan fingerprint density at radius 3 is 2.10 bits per heavy atom. The van der Waals surface area contributed by atoms with E-state index in [0.29, 0.717) is 44.2 Å². The normalized spacial score (nSPS) is 14.1. The summed E-state index contributed by atoms with van der Waals surface area (Å²) in [5.41, 5.74) is 3.01. The van der Waals surface area contributed by atoms with E-state index in [2.05, 4.69) is 9.97 Å². The molecule has 0 bridgehead atoms. The molecule has 41 heavy (non-hydrogen) atoms. The summed E-state index contributed by atoms with van der Waals surface area (Å²) in [7, 11) is 0. The minimum atomic E-state index is -0.516. The Morgan fingerprint density at radius 2 is 1.24 bits per heavy atom. The van der Waals surface area contributed by atoms with E-state index >= 15 is 0 Å². The van der Waals surface area contributed by atoms with Crippen molar-refractivity contribution >= 4 is 32.7 Å². The van der Waals surface area contributed by atoms with E-state index in [1.165, 1.54) is 6.07 Å². The van der Waals surface area contributed by atoms with Crippen LogP contribution in [0.25, 0.3) is 78.0 Å². The predicted octanol–water partition coefficient (Wildman–Crippen LogP) is 9.59. The number of furan rings is 1. The highest BCUT2D eigenvalue weighted by molar-refractivity contribution is 6.12. The molecule has 8 aromatic rings. The van der Waals surface area contributed by atoms with Gasteiger partial charge in [0.25, 0.3) is 0 Å². The lowest BCUT2D eigenvalue weighted by atomic mass is 9.98. The molecule has 0 saturated carbocycles. The molecule has 0 saturated heterocycles. The summed E-state index contributed by atoms with van der Waals surface area (Å²) in [5.74, 6) is 0.364. The van der Waals surface area contributed by atoms with E-state index < -0.39 is 30.2 Å². The highest BCUT2D eigenvalue weighted by atomic mass is 16.3. The van der Waals surface area contributed by atoms with Crippen molar-refractivity contribution in [3.05, 3.63) is 139 Å². The zero-order valence-electron chi connectivity index (χ0n) is 29.4. The van der Waals surface area contributed by atoms with Gasteiger partial charge in [0.05, 0.1) is 11.0 Å². The van der Waals surface area contributed by atoms with Crippen LogP contribution in [0, 0.1) is 0 Å². The van der Waals surface area contributed by atoms with Crippen LogP contribution < -0.4 is 0 Å². The SMILES string of the molecule is [2H]c1cc([2H])c2oc3ccc([2H])c(-c4cccc(-c5nc(-c6ccc7ccccc7c6)nc(-c6c([2H])c([2H])c([2H])c([2H])c6[2H])n5)c4)c3c2c1. The van der Waals surface area contributed by atoms with Crippen molar-refractivity contribution in [2.75, 3.05) is 0 Å². The Kier molecular flexibility index (Phi) is 3.84. The van der Waals surface area contributed by atoms with Crippen LogP contribution in [0.3, 0.4) is 0 Å². The molecule has 2 heterocycles. The lowest BCUT2D eigenvalue weighted by molar-refractivity contribution is 0.669. The number of hydrogen-bond acceptors (Lipinski definition) is 4. The predicted molar refractivity (Wildman–Crippen MR) is 166 cm³/mol. The van der Waals surface area contributed by atoms with Crippen molar-refractivity contribution in [2.24, 2.45) is 0 Å². The van der Waals surface area contributed by atoms with Crippen LogP contribution in [0.1, 0.15) is 11.0 Å². The summed E-state index contributed by atoms with van der Waals surface area (Å²) in [6, 6.07) is 25.2. The van der Waals surface area contributed by atoms with Gasteiger partial charge in [0, 0.05) is 27.5 Å². The smallest absolute Gasteiger partial charge is 0.164 e. The molecule has 6 aromatic carbocycles. The van der Waals surface area contributed by atoms with E-state index in [4.69, 9.17) is 20.4 Å². The molecular formula is C37H23N3O. The molecule has 2 aromatic heterocycles. The van der Waals surface area contributed by atoms with E-state index in [0.717, 1.165) is 10.8 Å². The van der Waals surface area contributed by atoms with Gasteiger partial charge in [0.2, 0.25) is 0 Å². The van der Waals surface area contributed by atoms with Gasteiger partial charge in [-0.2, -0.15) is 0 Å². The van der Waals surface area contributed by atoms with Gasteiger partial charge in [-0.3, -0.25) is 0 Å². The number of aromatic nitrogens is 3. The van der Waals surface area contributed by atoms with Crippen LogP contribution in [0.4, 0.5) is 0 Å². The summed E-state index contributed by atoms with van der Waals surface area (Å²) < 4.78 is 73.3. The average Bonchev–Trinajstić information content (AvgIpc) is 3.48. The zero-order valence-corrected chi connectivity index (χ0v) is 21.4. The number of hydrogen-bond donors (Lipinski definition) is 0. The van der Waals surface area contributed by atoms with Crippen molar-refractivity contribution in [3.63, 3.8) is 0 Å². The molecule has 0 amide bonds. The monoisotopic (exact) mass is 533 g/mol. The fraction of sp³-hybridized carbons (Fsp3) is 0. The highest BCUT2D eigenvalue weighted by Gasteiger charge is 2.15. The molecule has 4 heteroatoms. The number of nitrogens with zero attached hydrogens (tertiary/aromatic N) is 3. The first kappa shape index (κ1) is 16.5. The molecule has 0 aliphatic carbocycles. The molecule has 0 aliphatic heterocycles. The first-order valence-corrected chi connectivity index (χ1v) is 13.0. The maximum Gasteiger partial charge on any atom is 0.164 e. The molecular weight excluding hydrogens is 502 g/mol. The quantitative estimate of drug-likeness (QED) is 0.226. The lowest BCUT2D eigenvalue weighted by Gasteiger charge is -2.10. The molecule has 4 nitrogen and oxygen atoms in total. The minimum Gasteiger partial charge on any atom is -0.456 e. The number of para-hydroxylation sites is 1. The average molecular weight is 534 g/mol. The van der Waals surface area contributed by atoms with Crippen LogP contribution in [-0.4, -0.2) is 15.0 Å². The topological polar surface area (TPSA) is 51.8 Å². The third kappa shape index (κ3) is 4.14. The van der Waals surface area contributed by atoms with Crippen LogP contribution in [0.5, 0.6) is 0 Å². The Hall–Kier alpha value is -5.61. The first-order chi connectivity index (χ1) is 23.6. The second-order valence-corrected chi connectivity index (χ2v) is 9.49. The van der Waals surface area contributed by atoms with Crippen molar-refractivity contribution in [3.8, 4) is 45.3 Å². The summed E-state index contributed by atoms with van der Waals surface area (Å²) in [6.07, 6.45) is 0. The van der Waals surface area contributed by atoms with Crippen molar-refractivity contribution < 1.29 is 15.4 Å². The summed E-state index contributed by atoms with van der Waals surface area (Å²) >= 11 is 0. The number of rotatable bonds is 4. The van der Waals surface area contributed by atoms with Crippen molar-refractivity contribution in [1.82, 2.24) is 15.0 Å². The molecule has 0 unspecified atom stereocenters. The number of benzene rings is 6. The highest BCUT2D eigenvalue weighted by Crippen LogP contribution is 2.37. The van der Waals surface area contributed by atoms with Gasteiger partial charge < -0.3 is 4.42 Å². The van der Waals surface area contributed by atoms with Gasteiger partial charge >= 0.3 is 0 Å². The van der Waals surface area contributed by atoms with Gasteiger partial charge in [0.15, 0.2) is 17.5 Å². The maximum atomic E-state index is 8.88. The third-order valence-electron chi connectivity index (χ3n) is 6.98. The standard InChI is InChI=1S/C37H23N3O/c1-2-11-25(12-3-1)35-38-36(40-37(39-35)29-21-20-24-10-4-5-13-26(24)22-29)28-15-8-14-27(23-28)30-17-9-19-33-34(30)31-16-6-7-18-32(31)41-33/h1-23H/i1D,2D,3D,6D,11D,12D,17D,18D. The second-order valence-electron chi connectivity index (χ2n) is 9.49. The Morgan fingerprint density at radius 1 is 0.488 bits per heavy atom. The van der Waals surface area contributed by atoms with Crippen LogP contribution >= 0.6 is 0 Å². The second kappa shape index (κ2) is 9.54. The summed E-state index contributed by atoms with van der Waals surface area (Å²) in [4.78, 5) is 14.1. The molecule has 0 radical (unpaired) electrons. The summed E-state index contributed by atoms with van der Waals surface area (Å²) in [6.45, 7) is 0. The van der Waals surface area contributed by atoms with Crippen molar-refractivity contribution in [1.29, 1.82) is 0 Å². The van der Waals surface area contributed by atoms with Gasteiger partial charge in [0.1, 0.15) is 11.2 Å². The number of fused-ring (bicyclic) bond motifs is 4. The fourth-order valence-corrected chi connectivity index (χ4v) is 5.07. The van der Waals surface area contributed by atoms with E-state index in [1.807, 2.05) is 54.6 Å². The summed E-state index contributed by atoms with van der Waals surface area (Å²) in [5, 5.41) is 3.13. The Labute approximate surface area is 247 Å². The molecule has 8 rings (SSSR count). The zero-order chi connectivity index (χ0) is 34.1. The van der Waals surface area contributed by atoms with Gasteiger partial charge in [-0.1, -0.05) is 115 Å². The first-order valence-electron chi connectivity index (χ1n) is 17.0. The molecule has 192 valence electrons. The van der Waals surface area contributed by atoms with Crippen LogP contribution in [0.15, 0.2) is 144 Å². The van der Waals surface area contributed by atoms with E-state index in [9.17, 15) is 0 Å². The molecule has 0 fully saturated rings. The molecule has 0 spiro atoms. The van der Waals surface area contributed by atoms with E-state index in [-0.39, 0.29) is 41.2 Å². The largest absolute Gasteiger partial charge is 0.456 e. The van der Waals surface area contributed by atoms with Gasteiger partial charge in [-0.05, 0) is 46.1 Å². The molecule has 0 atom stereocenters. The Bertz CT molecular complexity index is 2640. The van der Waals surface area contributed by atoms with Crippen LogP contribution in [0.2, 0.25) is 0 Å². The van der Waals surface area contributed by atoms with E-state index in [1.54, 1.807) is 30.3 Å².